The summed E-state index contributed by atoms with van der Waals surface area (Å²) in [6.07, 6.45) is 0. The summed E-state index contributed by atoms with van der Waals surface area (Å²) >= 11 is 2.83. The number of fused-ring (bicyclic) bond motifs is 1. The molecule has 1 amide bonds. The van der Waals surface area contributed by atoms with Crippen LogP contribution in [0.15, 0.2) is 66.7 Å². The molecule has 0 saturated heterocycles. The summed E-state index contributed by atoms with van der Waals surface area (Å²) < 4.78 is 6.28. The molecule has 2 aromatic heterocycles. The molecule has 4 aromatic rings. The smallest absolute Gasteiger partial charge is 0.348 e. The third kappa shape index (κ3) is 4.22. The Morgan fingerprint density at radius 3 is 2.53 bits per heavy atom. The predicted molar refractivity (Wildman–Crippen MR) is 118 cm³/mol. The maximum atomic E-state index is 12.5. The fourth-order valence-electron chi connectivity index (χ4n) is 2.82. The second kappa shape index (κ2) is 8.86. The van der Waals surface area contributed by atoms with Gasteiger partial charge in [0.2, 0.25) is 0 Å². The number of carbonyl (C=O) groups is 2. The predicted octanol–water partition coefficient (Wildman–Crippen LogP) is 4.74. The Labute approximate surface area is 180 Å². The van der Waals surface area contributed by atoms with E-state index >= 15 is 0 Å². The number of benzene rings is 2. The van der Waals surface area contributed by atoms with Crippen LogP contribution in [0.4, 0.5) is 5.69 Å². The number of thiazole rings is 1. The number of thiophene rings is 1. The Hall–Kier alpha value is -3.54. The first-order valence-corrected chi connectivity index (χ1v) is 10.6. The number of amides is 1. The van der Waals surface area contributed by atoms with E-state index in [1.54, 1.807) is 41.7 Å². The van der Waals surface area contributed by atoms with Gasteiger partial charge in [-0.1, -0.05) is 30.3 Å². The Morgan fingerprint density at radius 1 is 1.00 bits per heavy atom. The van der Waals surface area contributed by atoms with E-state index in [-0.39, 0.29) is 6.54 Å². The summed E-state index contributed by atoms with van der Waals surface area (Å²) in [4.78, 5) is 32.0. The minimum absolute atomic E-state index is 0.124. The second-order valence-electron chi connectivity index (χ2n) is 6.20. The summed E-state index contributed by atoms with van der Waals surface area (Å²) in [7, 11) is 0. The molecule has 0 aliphatic carbocycles. The average Bonchev–Trinajstić information content (AvgIpc) is 3.43. The van der Waals surface area contributed by atoms with Crippen molar-refractivity contribution in [3.8, 4) is 16.0 Å². The fourth-order valence-corrected chi connectivity index (χ4v) is 4.74. The van der Waals surface area contributed by atoms with Crippen LogP contribution in [0.25, 0.3) is 20.1 Å². The highest BCUT2D eigenvalue weighted by Gasteiger charge is 2.19. The van der Waals surface area contributed by atoms with Crippen LogP contribution in [0.3, 0.4) is 0 Å². The highest BCUT2D eigenvalue weighted by molar-refractivity contribution is 7.26. The van der Waals surface area contributed by atoms with Crippen molar-refractivity contribution < 1.29 is 14.3 Å². The van der Waals surface area contributed by atoms with E-state index in [1.165, 1.54) is 16.2 Å². The molecule has 0 bridgehead atoms. The first kappa shape index (κ1) is 19.8. The number of nitriles is 1. The second-order valence-corrected chi connectivity index (χ2v) is 8.31. The van der Waals surface area contributed by atoms with Gasteiger partial charge in [-0.2, -0.15) is 5.26 Å². The van der Waals surface area contributed by atoms with Crippen LogP contribution in [0, 0.1) is 11.3 Å². The molecular formula is C22H15N3O3S2. The Balaban J connectivity index is 1.43. The van der Waals surface area contributed by atoms with E-state index in [1.807, 2.05) is 42.5 Å². The number of hydrogen-bond acceptors (Lipinski definition) is 7. The van der Waals surface area contributed by atoms with E-state index in [4.69, 9.17) is 10.00 Å². The van der Waals surface area contributed by atoms with Gasteiger partial charge in [0.05, 0.1) is 21.2 Å². The van der Waals surface area contributed by atoms with Crippen molar-refractivity contribution >= 4 is 50.5 Å². The van der Waals surface area contributed by atoms with Gasteiger partial charge in [-0.25, -0.2) is 9.78 Å². The lowest BCUT2D eigenvalue weighted by Gasteiger charge is -2.19. The number of carbonyl (C=O) groups excluding carboxylic acids is 2. The fraction of sp³-hybridized carbons (Fsp3) is 0.0909. The van der Waals surface area contributed by atoms with Crippen LogP contribution in [0.1, 0.15) is 9.67 Å². The summed E-state index contributed by atoms with van der Waals surface area (Å²) in [5.41, 5.74) is 1.49. The van der Waals surface area contributed by atoms with E-state index in [0.717, 1.165) is 20.1 Å². The number of rotatable bonds is 6. The maximum absolute atomic E-state index is 12.5. The van der Waals surface area contributed by atoms with Gasteiger partial charge in [0.15, 0.2) is 6.61 Å². The largest absolute Gasteiger partial charge is 0.451 e. The lowest BCUT2D eigenvalue weighted by Crippen LogP contribution is -2.35. The maximum Gasteiger partial charge on any atom is 0.348 e. The number of ether oxygens (including phenoxy) is 1. The zero-order valence-corrected chi connectivity index (χ0v) is 17.3. The topological polar surface area (TPSA) is 83.3 Å². The molecule has 0 N–H and O–H groups in total. The molecule has 2 aromatic carbocycles. The number of anilines is 1. The standard InChI is InChI=1S/C22H15N3O3S2/c23-12-13-25(15-6-2-1-3-7-15)20(26)14-28-22(27)19-11-10-18(29-19)21-24-16-8-4-5-9-17(16)30-21/h1-11H,13-14H2. The van der Waals surface area contributed by atoms with E-state index < -0.39 is 18.5 Å². The Bertz CT molecular complexity index is 1210. The molecular weight excluding hydrogens is 418 g/mol. The van der Waals surface area contributed by atoms with E-state index in [9.17, 15) is 9.59 Å². The van der Waals surface area contributed by atoms with Gasteiger partial charge in [0.25, 0.3) is 5.91 Å². The highest BCUT2D eigenvalue weighted by Crippen LogP contribution is 2.34. The molecule has 30 heavy (non-hydrogen) atoms. The van der Waals surface area contributed by atoms with Crippen molar-refractivity contribution in [2.24, 2.45) is 0 Å². The van der Waals surface area contributed by atoms with Crippen LogP contribution in [-0.4, -0.2) is 30.0 Å². The third-order valence-electron chi connectivity index (χ3n) is 4.24. The van der Waals surface area contributed by atoms with Crippen molar-refractivity contribution in [2.45, 2.75) is 0 Å². The van der Waals surface area contributed by atoms with E-state index in [0.29, 0.717) is 10.6 Å². The molecule has 0 aliphatic rings. The average molecular weight is 434 g/mol. The minimum Gasteiger partial charge on any atom is -0.451 e. The first-order chi connectivity index (χ1) is 14.7. The van der Waals surface area contributed by atoms with Gasteiger partial charge in [0.1, 0.15) is 16.4 Å². The van der Waals surface area contributed by atoms with Crippen LogP contribution < -0.4 is 4.90 Å². The van der Waals surface area contributed by atoms with Crippen LogP contribution in [-0.2, 0) is 9.53 Å². The molecule has 4 rings (SSSR count). The number of nitrogens with zero attached hydrogens (tertiary/aromatic N) is 3. The summed E-state index contributed by atoms with van der Waals surface area (Å²) in [5.74, 6) is -1.04. The zero-order chi connectivity index (χ0) is 20.9. The molecule has 0 atom stereocenters. The molecule has 0 aliphatic heterocycles. The quantitative estimate of drug-likeness (QED) is 0.324. The van der Waals surface area contributed by atoms with Crippen molar-refractivity contribution in [1.82, 2.24) is 4.98 Å². The normalized spacial score (nSPS) is 10.5. The van der Waals surface area contributed by atoms with Crippen molar-refractivity contribution in [1.29, 1.82) is 5.26 Å². The molecule has 0 spiro atoms. The van der Waals surface area contributed by atoms with Gasteiger partial charge in [-0.15, -0.1) is 22.7 Å². The number of hydrogen-bond donors (Lipinski definition) is 0. The minimum atomic E-state index is -0.578. The number of aromatic nitrogens is 1. The number of esters is 1. The third-order valence-corrected chi connectivity index (χ3v) is 6.51. The first-order valence-electron chi connectivity index (χ1n) is 9.01. The van der Waals surface area contributed by atoms with Crippen molar-refractivity contribution in [3.63, 3.8) is 0 Å². The van der Waals surface area contributed by atoms with E-state index in [2.05, 4.69) is 4.98 Å². The molecule has 0 radical (unpaired) electrons. The molecule has 148 valence electrons. The highest BCUT2D eigenvalue weighted by atomic mass is 32.1. The summed E-state index contributed by atoms with van der Waals surface area (Å²) in [6, 6.07) is 22.1. The van der Waals surface area contributed by atoms with Gasteiger partial charge in [-0.3, -0.25) is 9.69 Å². The van der Waals surface area contributed by atoms with Crippen molar-refractivity contribution in [3.05, 3.63) is 71.6 Å². The molecule has 8 heteroatoms. The Kier molecular flexibility index (Phi) is 5.84. The summed E-state index contributed by atoms with van der Waals surface area (Å²) in [5, 5.41) is 9.84. The molecule has 6 nitrogen and oxygen atoms in total. The van der Waals surface area contributed by atoms with Gasteiger partial charge >= 0.3 is 5.97 Å². The molecule has 0 unspecified atom stereocenters. The SMILES string of the molecule is N#CCN(C(=O)COC(=O)c1ccc(-c2nc3ccccc3s2)s1)c1ccccc1. The van der Waals surface area contributed by atoms with Crippen LogP contribution >= 0.6 is 22.7 Å². The molecule has 2 heterocycles. The van der Waals surface area contributed by atoms with Gasteiger partial charge in [0, 0.05) is 5.69 Å². The monoisotopic (exact) mass is 433 g/mol. The van der Waals surface area contributed by atoms with Crippen LogP contribution in [0.5, 0.6) is 0 Å². The zero-order valence-electron chi connectivity index (χ0n) is 15.6. The van der Waals surface area contributed by atoms with Crippen molar-refractivity contribution in [2.75, 3.05) is 18.1 Å². The lowest BCUT2D eigenvalue weighted by atomic mass is 10.3. The van der Waals surface area contributed by atoms with Gasteiger partial charge in [-0.05, 0) is 36.4 Å². The van der Waals surface area contributed by atoms with Crippen LogP contribution in [0.2, 0.25) is 0 Å². The Morgan fingerprint density at radius 2 is 1.77 bits per heavy atom. The molecule has 0 fully saturated rings. The molecule has 0 saturated carbocycles. The number of para-hydroxylation sites is 2. The van der Waals surface area contributed by atoms with Gasteiger partial charge < -0.3 is 4.74 Å². The lowest BCUT2D eigenvalue weighted by molar-refractivity contribution is -0.121. The summed E-state index contributed by atoms with van der Waals surface area (Å²) in [6.45, 7) is -0.565.